The topological polar surface area (TPSA) is 65.2 Å². The van der Waals surface area contributed by atoms with Gasteiger partial charge in [0.15, 0.2) is 0 Å². The van der Waals surface area contributed by atoms with Crippen LogP contribution in [0.1, 0.15) is 21.5 Å². The van der Waals surface area contributed by atoms with E-state index < -0.39 is 5.91 Å². The lowest BCUT2D eigenvalue weighted by Gasteiger charge is -2.07. The van der Waals surface area contributed by atoms with Gasteiger partial charge in [0.25, 0.3) is 0 Å². The quantitative estimate of drug-likeness (QED) is 0.775. The Bertz CT molecular complexity index is 915. The molecule has 0 aliphatic heterocycles. The Kier molecular flexibility index (Phi) is 4.36. The van der Waals surface area contributed by atoms with Crippen LogP contribution in [0.15, 0.2) is 41.8 Å². The zero-order valence-electron chi connectivity index (χ0n) is 13.8. The van der Waals surface area contributed by atoms with Crippen molar-refractivity contribution >= 4 is 17.2 Å². The zero-order chi connectivity index (χ0) is 17.3. The van der Waals surface area contributed by atoms with Crippen molar-refractivity contribution in [3.05, 3.63) is 58.5 Å². The molecule has 122 valence electrons. The largest absolute Gasteiger partial charge is 0.497 e. The lowest BCUT2D eigenvalue weighted by molar-refractivity contribution is 0.100. The van der Waals surface area contributed by atoms with Crippen molar-refractivity contribution in [1.82, 2.24) is 4.98 Å². The van der Waals surface area contributed by atoms with Crippen LogP contribution in [0.4, 0.5) is 0 Å². The average Bonchev–Trinajstić information content (AvgIpc) is 3.03. The van der Waals surface area contributed by atoms with Crippen molar-refractivity contribution < 1.29 is 9.53 Å². The second-order valence-electron chi connectivity index (χ2n) is 5.63. The first-order chi connectivity index (χ1) is 11.5. The summed E-state index contributed by atoms with van der Waals surface area (Å²) >= 11 is 1.49. The summed E-state index contributed by atoms with van der Waals surface area (Å²) in [7, 11) is 1.59. The number of carbonyl (C=O) groups excluding carboxylic acids is 1. The average molecular weight is 338 g/mol. The predicted molar refractivity (Wildman–Crippen MR) is 97.5 cm³/mol. The highest BCUT2D eigenvalue weighted by Crippen LogP contribution is 2.34. The van der Waals surface area contributed by atoms with Crippen LogP contribution in [-0.4, -0.2) is 18.0 Å². The second-order valence-corrected chi connectivity index (χ2v) is 6.49. The van der Waals surface area contributed by atoms with Gasteiger partial charge in [-0.15, -0.1) is 11.3 Å². The van der Waals surface area contributed by atoms with Crippen LogP contribution < -0.4 is 10.5 Å². The minimum Gasteiger partial charge on any atom is -0.497 e. The number of hydrogen-bond acceptors (Lipinski definition) is 4. The fourth-order valence-electron chi connectivity index (χ4n) is 2.66. The van der Waals surface area contributed by atoms with E-state index in [0.29, 0.717) is 16.9 Å². The van der Waals surface area contributed by atoms with E-state index in [1.807, 2.05) is 5.38 Å². The first-order valence-electron chi connectivity index (χ1n) is 7.51. The normalized spacial score (nSPS) is 10.6. The molecule has 0 radical (unpaired) electrons. The molecule has 0 aliphatic rings. The Labute approximate surface area is 144 Å². The van der Waals surface area contributed by atoms with E-state index in [-0.39, 0.29) is 0 Å². The van der Waals surface area contributed by atoms with Gasteiger partial charge in [0.2, 0.25) is 5.91 Å². The maximum absolute atomic E-state index is 11.7. The summed E-state index contributed by atoms with van der Waals surface area (Å²) in [5, 5.41) is 2.75. The van der Waals surface area contributed by atoms with E-state index in [1.54, 1.807) is 25.3 Å². The van der Waals surface area contributed by atoms with Gasteiger partial charge in [-0.2, -0.15) is 0 Å². The molecule has 4 nitrogen and oxygen atoms in total. The monoisotopic (exact) mass is 338 g/mol. The van der Waals surface area contributed by atoms with Crippen molar-refractivity contribution in [2.45, 2.75) is 13.8 Å². The highest BCUT2D eigenvalue weighted by atomic mass is 32.1. The molecule has 2 N–H and O–H groups in total. The van der Waals surface area contributed by atoms with Crippen molar-refractivity contribution in [2.75, 3.05) is 7.11 Å². The number of carbonyl (C=O) groups is 1. The molecule has 0 aliphatic carbocycles. The Balaban J connectivity index is 2.09. The van der Waals surface area contributed by atoms with Gasteiger partial charge >= 0.3 is 0 Å². The molecular formula is C19H18N2O2S. The number of thiazole rings is 1. The number of amides is 1. The van der Waals surface area contributed by atoms with Gasteiger partial charge in [0.1, 0.15) is 10.8 Å². The molecule has 3 aromatic rings. The highest BCUT2D eigenvalue weighted by molar-refractivity contribution is 7.13. The molecule has 0 spiro atoms. The highest BCUT2D eigenvalue weighted by Gasteiger charge is 2.16. The minimum atomic E-state index is -0.476. The summed E-state index contributed by atoms with van der Waals surface area (Å²) in [6, 6.07) is 11.5. The summed E-state index contributed by atoms with van der Waals surface area (Å²) in [6.07, 6.45) is 0. The zero-order valence-corrected chi connectivity index (χ0v) is 14.6. The summed E-state index contributed by atoms with van der Waals surface area (Å²) in [5.41, 5.74) is 11.0. The van der Waals surface area contributed by atoms with Crippen LogP contribution in [0.5, 0.6) is 5.75 Å². The number of hydrogen-bond donors (Lipinski definition) is 1. The van der Waals surface area contributed by atoms with Crippen molar-refractivity contribution in [3.63, 3.8) is 0 Å². The Morgan fingerprint density at radius 3 is 2.58 bits per heavy atom. The summed E-state index contributed by atoms with van der Waals surface area (Å²) < 4.78 is 5.26. The summed E-state index contributed by atoms with van der Waals surface area (Å²) in [5.74, 6) is 0.189. The molecule has 0 saturated heterocycles. The number of methoxy groups -OCH3 is 1. The summed E-state index contributed by atoms with van der Waals surface area (Å²) in [4.78, 5) is 16.4. The van der Waals surface area contributed by atoms with Gasteiger partial charge in [-0.25, -0.2) is 4.98 Å². The number of ether oxygens (including phenoxy) is 1. The Morgan fingerprint density at radius 1 is 1.12 bits per heavy atom. The van der Waals surface area contributed by atoms with E-state index in [2.05, 4.69) is 32.0 Å². The number of aryl methyl sites for hydroxylation is 2. The summed E-state index contributed by atoms with van der Waals surface area (Å²) in [6.45, 7) is 4.14. The number of nitrogens with zero attached hydrogens (tertiary/aromatic N) is 1. The molecule has 1 heterocycles. The number of rotatable bonds is 4. The fraction of sp³-hybridized carbons (Fsp3) is 0.158. The lowest BCUT2D eigenvalue weighted by atomic mass is 10.0. The Morgan fingerprint density at radius 2 is 1.92 bits per heavy atom. The van der Waals surface area contributed by atoms with Gasteiger partial charge in [-0.1, -0.05) is 23.8 Å². The van der Waals surface area contributed by atoms with Crippen molar-refractivity contribution in [3.8, 4) is 27.6 Å². The molecule has 0 saturated carbocycles. The van der Waals surface area contributed by atoms with Crippen LogP contribution in [0.25, 0.3) is 21.8 Å². The molecule has 0 fully saturated rings. The number of nitrogens with two attached hydrogens (primary N) is 1. The van der Waals surface area contributed by atoms with Gasteiger partial charge in [-0.05, 0) is 37.6 Å². The van der Waals surface area contributed by atoms with Crippen molar-refractivity contribution in [1.29, 1.82) is 0 Å². The van der Waals surface area contributed by atoms with E-state index in [4.69, 9.17) is 15.5 Å². The number of benzene rings is 2. The van der Waals surface area contributed by atoms with Crippen LogP contribution in [0.2, 0.25) is 0 Å². The lowest BCUT2D eigenvalue weighted by Crippen LogP contribution is -2.12. The third kappa shape index (κ3) is 3.03. The molecule has 0 bridgehead atoms. The van der Waals surface area contributed by atoms with Gasteiger partial charge in [0, 0.05) is 22.1 Å². The smallest absolute Gasteiger partial charge is 0.249 e. The molecule has 0 atom stereocenters. The molecule has 3 rings (SSSR count). The van der Waals surface area contributed by atoms with Gasteiger partial charge in [-0.3, -0.25) is 4.79 Å². The van der Waals surface area contributed by atoms with Crippen LogP contribution >= 0.6 is 11.3 Å². The van der Waals surface area contributed by atoms with Crippen LogP contribution in [0.3, 0.4) is 0 Å². The van der Waals surface area contributed by atoms with Gasteiger partial charge in [0.05, 0.1) is 12.8 Å². The second kappa shape index (κ2) is 6.45. The third-order valence-corrected chi connectivity index (χ3v) is 4.76. The van der Waals surface area contributed by atoms with Crippen LogP contribution in [0, 0.1) is 13.8 Å². The van der Waals surface area contributed by atoms with Gasteiger partial charge < -0.3 is 10.5 Å². The van der Waals surface area contributed by atoms with E-state index >= 15 is 0 Å². The molecule has 1 aromatic heterocycles. The molecule has 1 amide bonds. The molecule has 24 heavy (non-hydrogen) atoms. The maximum Gasteiger partial charge on any atom is 0.249 e. The first-order valence-corrected chi connectivity index (χ1v) is 8.39. The van der Waals surface area contributed by atoms with Crippen LogP contribution in [-0.2, 0) is 0 Å². The van der Waals surface area contributed by atoms with E-state index in [1.165, 1.54) is 22.5 Å². The first kappa shape index (κ1) is 16.2. The van der Waals surface area contributed by atoms with E-state index in [9.17, 15) is 4.79 Å². The molecule has 0 unspecified atom stereocenters. The molecule has 2 aromatic carbocycles. The maximum atomic E-state index is 11.7. The van der Waals surface area contributed by atoms with Crippen molar-refractivity contribution in [2.24, 2.45) is 5.73 Å². The standard InChI is InChI=1S/C19H18N2O2S/c1-11-4-6-14(12(2)8-11)17-10-24-19(21-17)16-9-13(23-3)5-7-15(16)18(20)22/h4-10H,1-3H3,(H2,20,22). The Hall–Kier alpha value is -2.66. The number of primary amides is 1. The van der Waals surface area contributed by atoms with E-state index in [0.717, 1.165) is 16.3 Å². The third-order valence-electron chi connectivity index (χ3n) is 3.88. The fourth-order valence-corrected chi connectivity index (χ4v) is 3.51. The number of aromatic nitrogens is 1. The minimum absolute atomic E-state index is 0.442. The SMILES string of the molecule is COc1ccc(C(N)=O)c(-c2nc(-c3ccc(C)cc3C)cs2)c1. The predicted octanol–water partition coefficient (Wildman–Crippen LogP) is 4.20. The molecule has 5 heteroatoms. The molecular weight excluding hydrogens is 320 g/mol.